The monoisotopic (exact) mass is 538 g/mol. The SMILES string of the molecule is COc1ccc(C(NC(C)c2ccc(F)c(F)c2)c2cc(Nc3c(OC(C)(C)C)c(=O)c3=O)ccc2F)cc1. The minimum Gasteiger partial charge on any atom is -0.497 e. The van der Waals surface area contributed by atoms with Crippen molar-refractivity contribution in [2.45, 2.75) is 45.4 Å². The zero-order chi connectivity index (χ0) is 28.5. The quantitative estimate of drug-likeness (QED) is 0.252. The van der Waals surface area contributed by atoms with Crippen LogP contribution in [0.1, 0.15) is 56.5 Å². The van der Waals surface area contributed by atoms with E-state index in [1.807, 2.05) is 0 Å². The van der Waals surface area contributed by atoms with Gasteiger partial charge in [0.05, 0.1) is 13.2 Å². The summed E-state index contributed by atoms with van der Waals surface area (Å²) in [6, 6.07) is 13.5. The number of methoxy groups -OCH3 is 1. The Morgan fingerprint density at radius 2 is 1.44 bits per heavy atom. The molecule has 2 unspecified atom stereocenters. The molecule has 6 nitrogen and oxygen atoms in total. The highest BCUT2D eigenvalue weighted by molar-refractivity contribution is 5.70. The normalized spacial score (nSPS) is 13.2. The number of ether oxygens (including phenoxy) is 2. The van der Waals surface area contributed by atoms with E-state index < -0.39 is 46.0 Å². The highest BCUT2D eigenvalue weighted by Gasteiger charge is 2.28. The van der Waals surface area contributed by atoms with Crippen LogP contribution in [0, 0.1) is 17.5 Å². The largest absolute Gasteiger partial charge is 0.497 e. The fraction of sp³-hybridized carbons (Fsp3) is 0.267. The lowest BCUT2D eigenvalue weighted by atomic mass is 9.95. The minimum atomic E-state index is -0.985. The third-order valence-electron chi connectivity index (χ3n) is 6.16. The standard InChI is InChI=1S/C30H29F3N2O4/c1-16(18-8-12-23(32)24(33)14-18)34-25(17-6-10-20(38-5)11-7-17)21-15-19(9-13-22(21)31)35-26-27(36)28(37)29(26)39-30(2,3)4/h6-16,25,34-35H,1-5H3. The lowest BCUT2D eigenvalue weighted by Crippen LogP contribution is -2.39. The third kappa shape index (κ3) is 6.15. The van der Waals surface area contributed by atoms with Crippen LogP contribution in [0.25, 0.3) is 0 Å². The first kappa shape index (κ1) is 27.9. The molecule has 0 aliphatic rings. The fourth-order valence-corrected chi connectivity index (χ4v) is 4.16. The number of nitrogens with one attached hydrogen (secondary N) is 2. The number of hydrogen-bond acceptors (Lipinski definition) is 6. The summed E-state index contributed by atoms with van der Waals surface area (Å²) in [5, 5.41) is 6.20. The van der Waals surface area contributed by atoms with E-state index in [-0.39, 0.29) is 17.0 Å². The molecule has 0 radical (unpaired) electrons. The Morgan fingerprint density at radius 1 is 0.795 bits per heavy atom. The third-order valence-corrected chi connectivity index (χ3v) is 6.16. The van der Waals surface area contributed by atoms with Crippen LogP contribution in [0.3, 0.4) is 0 Å². The van der Waals surface area contributed by atoms with Crippen molar-refractivity contribution in [3.8, 4) is 11.5 Å². The maximum absolute atomic E-state index is 15.3. The van der Waals surface area contributed by atoms with Crippen LogP contribution in [0.2, 0.25) is 0 Å². The maximum Gasteiger partial charge on any atom is 0.272 e. The van der Waals surface area contributed by atoms with Crippen LogP contribution in [0.5, 0.6) is 11.5 Å². The van der Waals surface area contributed by atoms with E-state index in [0.29, 0.717) is 22.6 Å². The second kappa shape index (κ2) is 10.9. The number of halogens is 3. The van der Waals surface area contributed by atoms with Crippen molar-refractivity contribution >= 4 is 11.4 Å². The van der Waals surface area contributed by atoms with Gasteiger partial charge in [0.1, 0.15) is 22.9 Å². The van der Waals surface area contributed by atoms with Gasteiger partial charge in [-0.3, -0.25) is 14.9 Å². The molecule has 0 saturated carbocycles. The lowest BCUT2D eigenvalue weighted by Gasteiger charge is -2.26. The van der Waals surface area contributed by atoms with Crippen molar-refractivity contribution in [1.82, 2.24) is 5.32 Å². The summed E-state index contributed by atoms with van der Waals surface area (Å²) in [5.74, 6) is -1.96. The summed E-state index contributed by atoms with van der Waals surface area (Å²) in [7, 11) is 1.53. The van der Waals surface area contributed by atoms with Crippen molar-refractivity contribution < 1.29 is 22.6 Å². The lowest BCUT2D eigenvalue weighted by molar-refractivity contribution is 0.128. The first-order valence-corrected chi connectivity index (χ1v) is 12.3. The van der Waals surface area contributed by atoms with Gasteiger partial charge in [-0.1, -0.05) is 18.2 Å². The number of rotatable bonds is 9. The topological polar surface area (TPSA) is 76.7 Å². The zero-order valence-corrected chi connectivity index (χ0v) is 22.2. The van der Waals surface area contributed by atoms with E-state index in [0.717, 1.165) is 12.1 Å². The molecule has 0 aromatic heterocycles. The average molecular weight is 539 g/mol. The first-order valence-electron chi connectivity index (χ1n) is 12.3. The first-order chi connectivity index (χ1) is 18.4. The number of hydrogen-bond donors (Lipinski definition) is 2. The average Bonchev–Trinajstić information content (AvgIpc) is 2.91. The molecule has 0 bridgehead atoms. The molecule has 0 saturated heterocycles. The summed E-state index contributed by atoms with van der Waals surface area (Å²) in [5.41, 5.74) is -0.440. The summed E-state index contributed by atoms with van der Waals surface area (Å²) in [4.78, 5) is 24.4. The van der Waals surface area contributed by atoms with E-state index in [1.165, 1.54) is 31.4 Å². The van der Waals surface area contributed by atoms with Gasteiger partial charge in [-0.2, -0.15) is 0 Å². The molecule has 0 fully saturated rings. The van der Waals surface area contributed by atoms with Crippen LogP contribution in [0.4, 0.5) is 24.5 Å². The van der Waals surface area contributed by atoms with E-state index in [9.17, 15) is 18.4 Å². The molecular formula is C30H29F3N2O4. The highest BCUT2D eigenvalue weighted by atomic mass is 19.2. The van der Waals surface area contributed by atoms with Gasteiger partial charge in [-0.25, -0.2) is 13.2 Å². The van der Waals surface area contributed by atoms with Crippen LogP contribution >= 0.6 is 0 Å². The van der Waals surface area contributed by atoms with Gasteiger partial charge < -0.3 is 14.8 Å². The fourth-order valence-electron chi connectivity index (χ4n) is 4.16. The summed E-state index contributed by atoms with van der Waals surface area (Å²) in [6.07, 6.45) is 0. The van der Waals surface area contributed by atoms with E-state index in [1.54, 1.807) is 52.0 Å². The molecule has 204 valence electrons. The van der Waals surface area contributed by atoms with Crippen LogP contribution in [0.15, 0.2) is 70.3 Å². The van der Waals surface area contributed by atoms with Crippen molar-refractivity contribution in [2.24, 2.45) is 0 Å². The smallest absolute Gasteiger partial charge is 0.272 e. The summed E-state index contributed by atoms with van der Waals surface area (Å²) >= 11 is 0. The zero-order valence-electron chi connectivity index (χ0n) is 22.2. The molecule has 4 rings (SSSR count). The Labute approximate surface area is 224 Å². The van der Waals surface area contributed by atoms with Crippen molar-refractivity contribution in [3.05, 3.63) is 115 Å². The van der Waals surface area contributed by atoms with Crippen molar-refractivity contribution in [3.63, 3.8) is 0 Å². The molecule has 4 aromatic carbocycles. The van der Waals surface area contributed by atoms with Crippen LogP contribution < -0.4 is 31.0 Å². The Kier molecular flexibility index (Phi) is 7.83. The molecule has 0 amide bonds. The maximum atomic E-state index is 15.3. The second-order valence-corrected chi connectivity index (χ2v) is 10.2. The van der Waals surface area contributed by atoms with Crippen LogP contribution in [-0.2, 0) is 0 Å². The molecule has 0 heterocycles. The molecular weight excluding hydrogens is 509 g/mol. The van der Waals surface area contributed by atoms with Gasteiger partial charge in [0.25, 0.3) is 10.9 Å². The van der Waals surface area contributed by atoms with Gasteiger partial charge >= 0.3 is 0 Å². The predicted molar refractivity (Wildman–Crippen MR) is 144 cm³/mol. The Hall–Kier alpha value is -4.11. The second-order valence-electron chi connectivity index (χ2n) is 10.2. The van der Waals surface area contributed by atoms with E-state index in [4.69, 9.17) is 9.47 Å². The number of anilines is 2. The highest BCUT2D eigenvalue weighted by Crippen LogP contribution is 2.33. The Bertz CT molecular complexity index is 1550. The number of benzene rings is 3. The summed E-state index contributed by atoms with van der Waals surface area (Å²) < 4.78 is 53.7. The Balaban J connectivity index is 1.72. The predicted octanol–water partition coefficient (Wildman–Crippen LogP) is 6.07. The molecule has 2 atom stereocenters. The molecule has 2 N–H and O–H groups in total. The summed E-state index contributed by atoms with van der Waals surface area (Å²) in [6.45, 7) is 7.01. The van der Waals surface area contributed by atoms with Gasteiger partial charge in [-0.15, -0.1) is 0 Å². The molecule has 0 aliphatic carbocycles. The van der Waals surface area contributed by atoms with Crippen molar-refractivity contribution in [2.75, 3.05) is 12.4 Å². The van der Waals surface area contributed by atoms with E-state index >= 15 is 4.39 Å². The Morgan fingerprint density at radius 3 is 2.05 bits per heavy atom. The molecule has 9 heteroatoms. The molecule has 0 spiro atoms. The van der Waals surface area contributed by atoms with Gasteiger partial charge in [0, 0.05) is 17.3 Å². The van der Waals surface area contributed by atoms with Gasteiger partial charge in [-0.05, 0) is 81.3 Å². The van der Waals surface area contributed by atoms with E-state index in [2.05, 4.69) is 10.6 Å². The van der Waals surface area contributed by atoms with Gasteiger partial charge in [0.15, 0.2) is 17.4 Å². The molecule has 0 aliphatic heterocycles. The minimum absolute atomic E-state index is 0.00315. The molecule has 4 aromatic rings. The van der Waals surface area contributed by atoms with Gasteiger partial charge in [0.2, 0.25) is 0 Å². The van der Waals surface area contributed by atoms with Crippen molar-refractivity contribution in [1.29, 1.82) is 0 Å². The van der Waals surface area contributed by atoms with Crippen LogP contribution in [-0.4, -0.2) is 12.7 Å². The molecule has 39 heavy (non-hydrogen) atoms.